The summed E-state index contributed by atoms with van der Waals surface area (Å²) in [5.41, 5.74) is 2.12. The van der Waals surface area contributed by atoms with Gasteiger partial charge in [-0.3, -0.25) is 0 Å². The zero-order valence-electron chi connectivity index (χ0n) is 12.4. The lowest BCUT2D eigenvalue weighted by Crippen LogP contribution is -2.28. The van der Waals surface area contributed by atoms with E-state index in [1.807, 2.05) is 48.3 Å². The van der Waals surface area contributed by atoms with Gasteiger partial charge in [0.05, 0.1) is 29.7 Å². The Morgan fingerprint density at radius 1 is 1.33 bits per heavy atom. The van der Waals surface area contributed by atoms with Crippen molar-refractivity contribution >= 4 is 0 Å². The fourth-order valence-corrected chi connectivity index (χ4v) is 2.89. The van der Waals surface area contributed by atoms with Crippen LogP contribution in [0.4, 0.5) is 0 Å². The Labute approximate surface area is 125 Å². The molecule has 0 amide bonds. The molecule has 2 aromatic rings. The monoisotopic (exact) mass is 286 g/mol. The minimum atomic E-state index is 0.198. The Morgan fingerprint density at radius 3 is 2.90 bits per heavy atom. The van der Waals surface area contributed by atoms with Crippen LogP contribution >= 0.6 is 0 Å². The van der Waals surface area contributed by atoms with Crippen LogP contribution in [-0.4, -0.2) is 34.8 Å². The molecule has 1 aliphatic heterocycles. The van der Waals surface area contributed by atoms with Gasteiger partial charge in [0.25, 0.3) is 0 Å². The van der Waals surface area contributed by atoms with Crippen molar-refractivity contribution in [3.63, 3.8) is 0 Å². The number of ether oxygens (including phenoxy) is 1. The number of benzene rings is 1. The Kier molecular flexibility index (Phi) is 4.62. The van der Waals surface area contributed by atoms with Crippen molar-refractivity contribution < 1.29 is 4.74 Å². The summed E-state index contributed by atoms with van der Waals surface area (Å²) >= 11 is 0. The Balaban J connectivity index is 1.79. The molecule has 2 heterocycles. The van der Waals surface area contributed by atoms with E-state index in [0.717, 1.165) is 30.8 Å². The first kappa shape index (κ1) is 14.2. The summed E-state index contributed by atoms with van der Waals surface area (Å²) in [6.45, 7) is 0.886. The van der Waals surface area contributed by atoms with Crippen molar-refractivity contribution in [3.8, 4) is 5.69 Å². The van der Waals surface area contributed by atoms with E-state index in [1.165, 1.54) is 12.8 Å². The molecule has 0 spiro atoms. The summed E-state index contributed by atoms with van der Waals surface area (Å²) in [6.07, 6.45) is 6.72. The van der Waals surface area contributed by atoms with Crippen LogP contribution in [0.25, 0.3) is 5.69 Å². The minimum absolute atomic E-state index is 0.198. The van der Waals surface area contributed by atoms with Gasteiger partial charge in [-0.25, -0.2) is 4.68 Å². The van der Waals surface area contributed by atoms with Crippen molar-refractivity contribution in [2.75, 3.05) is 13.7 Å². The summed E-state index contributed by atoms with van der Waals surface area (Å²) in [6, 6.07) is 10.3. The molecule has 1 aliphatic rings. The second kappa shape index (κ2) is 6.83. The highest BCUT2D eigenvalue weighted by Gasteiger charge is 2.23. The van der Waals surface area contributed by atoms with Crippen LogP contribution in [0, 0.1) is 0 Å². The van der Waals surface area contributed by atoms with Crippen molar-refractivity contribution in [2.45, 2.75) is 37.8 Å². The fourth-order valence-electron chi connectivity index (χ4n) is 2.89. The van der Waals surface area contributed by atoms with Crippen LogP contribution < -0.4 is 5.32 Å². The lowest BCUT2D eigenvalue weighted by Gasteiger charge is -2.27. The van der Waals surface area contributed by atoms with Crippen LogP contribution in [-0.2, 0) is 4.74 Å². The number of hydrogen-bond donors (Lipinski definition) is 1. The number of aromatic nitrogens is 3. The SMILES string of the molecule is CNC(CC1CCCCO1)c1cnnn1-c1ccccc1. The maximum atomic E-state index is 5.86. The number of para-hydroxylation sites is 1. The van der Waals surface area contributed by atoms with E-state index in [-0.39, 0.29) is 6.04 Å². The number of nitrogens with one attached hydrogen (secondary N) is 1. The van der Waals surface area contributed by atoms with Gasteiger partial charge < -0.3 is 10.1 Å². The average molecular weight is 286 g/mol. The standard InChI is InChI=1S/C16H22N4O/c1-17-15(11-14-9-5-6-10-21-14)16-12-18-19-20(16)13-7-3-2-4-8-13/h2-4,7-8,12,14-15,17H,5-6,9-11H2,1H3. The fraction of sp³-hybridized carbons (Fsp3) is 0.500. The van der Waals surface area contributed by atoms with Gasteiger partial charge in [0.2, 0.25) is 0 Å². The van der Waals surface area contributed by atoms with E-state index in [9.17, 15) is 0 Å². The zero-order chi connectivity index (χ0) is 14.5. The second-order valence-electron chi connectivity index (χ2n) is 5.47. The lowest BCUT2D eigenvalue weighted by atomic mass is 10.00. The molecule has 0 radical (unpaired) electrons. The largest absolute Gasteiger partial charge is 0.378 e. The highest BCUT2D eigenvalue weighted by atomic mass is 16.5. The van der Waals surface area contributed by atoms with Gasteiger partial charge >= 0.3 is 0 Å². The topological polar surface area (TPSA) is 52.0 Å². The molecule has 21 heavy (non-hydrogen) atoms. The predicted octanol–water partition coefficient (Wildman–Crippen LogP) is 2.49. The summed E-state index contributed by atoms with van der Waals surface area (Å²) in [7, 11) is 1.98. The van der Waals surface area contributed by atoms with E-state index in [0.29, 0.717) is 6.10 Å². The molecule has 1 aromatic carbocycles. The Bertz CT molecular complexity index is 548. The van der Waals surface area contributed by atoms with Crippen LogP contribution in [0.15, 0.2) is 36.5 Å². The van der Waals surface area contributed by atoms with E-state index >= 15 is 0 Å². The van der Waals surface area contributed by atoms with E-state index < -0.39 is 0 Å². The molecule has 5 nitrogen and oxygen atoms in total. The van der Waals surface area contributed by atoms with E-state index in [4.69, 9.17) is 4.74 Å². The van der Waals surface area contributed by atoms with Gasteiger partial charge in [0.1, 0.15) is 0 Å². The van der Waals surface area contributed by atoms with Crippen molar-refractivity contribution in [2.24, 2.45) is 0 Å². The quantitative estimate of drug-likeness (QED) is 0.917. The van der Waals surface area contributed by atoms with Crippen molar-refractivity contribution in [1.82, 2.24) is 20.3 Å². The van der Waals surface area contributed by atoms with Crippen molar-refractivity contribution in [1.29, 1.82) is 0 Å². The molecule has 0 saturated carbocycles. The van der Waals surface area contributed by atoms with Gasteiger partial charge in [-0.2, -0.15) is 0 Å². The molecule has 0 aliphatic carbocycles. The van der Waals surface area contributed by atoms with Crippen LogP contribution in [0.1, 0.15) is 37.4 Å². The first-order chi connectivity index (χ1) is 10.4. The average Bonchev–Trinajstić information content (AvgIpc) is 3.04. The van der Waals surface area contributed by atoms with Gasteiger partial charge in [-0.1, -0.05) is 23.4 Å². The Morgan fingerprint density at radius 2 is 2.19 bits per heavy atom. The molecule has 3 rings (SSSR count). The van der Waals surface area contributed by atoms with Gasteiger partial charge in [0, 0.05) is 6.61 Å². The summed E-state index contributed by atoms with van der Waals surface area (Å²) in [5, 5.41) is 11.7. The highest BCUT2D eigenvalue weighted by molar-refractivity contribution is 5.32. The van der Waals surface area contributed by atoms with Crippen molar-refractivity contribution in [3.05, 3.63) is 42.2 Å². The van der Waals surface area contributed by atoms with Crippen LogP contribution in [0.5, 0.6) is 0 Å². The Hall–Kier alpha value is -1.72. The molecule has 2 atom stereocenters. The summed E-state index contributed by atoms with van der Waals surface area (Å²) < 4.78 is 7.77. The van der Waals surface area contributed by atoms with Gasteiger partial charge in [-0.05, 0) is 44.9 Å². The molecule has 1 saturated heterocycles. The predicted molar refractivity (Wildman–Crippen MR) is 81.4 cm³/mol. The number of rotatable bonds is 5. The second-order valence-corrected chi connectivity index (χ2v) is 5.47. The first-order valence-corrected chi connectivity index (χ1v) is 7.63. The third-order valence-corrected chi connectivity index (χ3v) is 4.05. The smallest absolute Gasteiger partial charge is 0.0816 e. The molecular weight excluding hydrogens is 264 g/mol. The molecule has 1 N–H and O–H groups in total. The molecule has 112 valence electrons. The zero-order valence-corrected chi connectivity index (χ0v) is 12.4. The van der Waals surface area contributed by atoms with E-state index in [2.05, 4.69) is 15.6 Å². The highest BCUT2D eigenvalue weighted by Crippen LogP contribution is 2.25. The van der Waals surface area contributed by atoms with E-state index in [1.54, 1.807) is 0 Å². The molecule has 2 unspecified atom stereocenters. The number of hydrogen-bond acceptors (Lipinski definition) is 4. The molecular formula is C16H22N4O. The third-order valence-electron chi connectivity index (χ3n) is 4.05. The van der Waals surface area contributed by atoms with Gasteiger partial charge in [-0.15, -0.1) is 5.10 Å². The maximum Gasteiger partial charge on any atom is 0.0816 e. The minimum Gasteiger partial charge on any atom is -0.378 e. The lowest BCUT2D eigenvalue weighted by molar-refractivity contribution is 0.00510. The first-order valence-electron chi connectivity index (χ1n) is 7.63. The van der Waals surface area contributed by atoms with Crippen LogP contribution in [0.2, 0.25) is 0 Å². The summed E-state index contributed by atoms with van der Waals surface area (Å²) in [4.78, 5) is 0. The third kappa shape index (κ3) is 3.31. The molecule has 5 heteroatoms. The van der Waals surface area contributed by atoms with Gasteiger partial charge in [0.15, 0.2) is 0 Å². The molecule has 1 aromatic heterocycles. The van der Waals surface area contributed by atoms with Crippen LogP contribution in [0.3, 0.4) is 0 Å². The number of nitrogens with zero attached hydrogens (tertiary/aromatic N) is 3. The molecule has 1 fully saturated rings. The normalized spacial score (nSPS) is 20.3. The molecule has 0 bridgehead atoms. The maximum absolute atomic E-state index is 5.86. The summed E-state index contributed by atoms with van der Waals surface area (Å²) in [5.74, 6) is 0.